The number of hydrogen-bond donors (Lipinski definition) is 2. The Kier molecular flexibility index (Phi) is 5.15. The monoisotopic (exact) mass is 401 g/mol. The van der Waals surface area contributed by atoms with Gasteiger partial charge in [-0.15, -0.1) is 0 Å². The highest BCUT2D eigenvalue weighted by atomic mass is 16.5. The van der Waals surface area contributed by atoms with Crippen LogP contribution in [0.15, 0.2) is 60.7 Å². The molecule has 2 N–H and O–H groups in total. The van der Waals surface area contributed by atoms with E-state index in [9.17, 15) is 4.79 Å². The summed E-state index contributed by atoms with van der Waals surface area (Å²) in [5, 5.41) is 2.45. The van der Waals surface area contributed by atoms with Gasteiger partial charge in [-0.25, -0.2) is 0 Å². The Morgan fingerprint density at radius 3 is 2.60 bits per heavy atom. The number of fused-ring (bicyclic) bond motifs is 1. The Morgan fingerprint density at radius 2 is 1.80 bits per heavy atom. The van der Waals surface area contributed by atoms with E-state index in [4.69, 9.17) is 4.74 Å². The second-order valence-electron chi connectivity index (χ2n) is 8.18. The first kappa shape index (κ1) is 19.1. The van der Waals surface area contributed by atoms with E-state index in [1.807, 2.05) is 23.1 Å². The van der Waals surface area contributed by atoms with Crippen LogP contribution in [0, 0.1) is 0 Å². The number of nitrogens with zero attached hydrogens (tertiary/aromatic N) is 1. The fraction of sp³-hybridized carbons (Fsp3) is 0.320. The van der Waals surface area contributed by atoms with Crippen LogP contribution in [-0.2, 0) is 0 Å². The van der Waals surface area contributed by atoms with E-state index < -0.39 is 0 Å². The number of nitrogens with one attached hydrogen (secondary N) is 2. The zero-order valence-electron chi connectivity index (χ0n) is 17.2. The Hall–Kier alpha value is -2.89. The Morgan fingerprint density at radius 1 is 1.00 bits per heavy atom. The summed E-state index contributed by atoms with van der Waals surface area (Å²) in [6.07, 6.45) is 2.02. The zero-order valence-corrected chi connectivity index (χ0v) is 17.2. The summed E-state index contributed by atoms with van der Waals surface area (Å²) < 4.78 is 5.64. The molecule has 0 bridgehead atoms. The Labute approximate surface area is 177 Å². The second kappa shape index (κ2) is 8.09. The maximum atomic E-state index is 13.4. The van der Waals surface area contributed by atoms with Crippen molar-refractivity contribution in [3.05, 3.63) is 77.4 Å². The lowest BCUT2D eigenvalue weighted by Gasteiger charge is -2.26. The van der Waals surface area contributed by atoms with Gasteiger partial charge in [-0.05, 0) is 52.9 Å². The van der Waals surface area contributed by atoms with E-state index >= 15 is 0 Å². The van der Waals surface area contributed by atoms with Crippen molar-refractivity contribution in [1.29, 1.82) is 0 Å². The molecule has 0 aromatic heterocycles. The Balaban J connectivity index is 1.43. The molecule has 2 heterocycles. The molecule has 0 saturated carbocycles. The van der Waals surface area contributed by atoms with Gasteiger partial charge in [-0.2, -0.15) is 0 Å². The van der Waals surface area contributed by atoms with Crippen molar-refractivity contribution in [3.63, 3.8) is 0 Å². The first-order chi connectivity index (χ1) is 14.7. The molecule has 1 unspecified atom stereocenters. The molecular formula is C25H27N3O2. The third kappa shape index (κ3) is 3.44. The van der Waals surface area contributed by atoms with Crippen LogP contribution in [0.3, 0.4) is 0 Å². The van der Waals surface area contributed by atoms with Gasteiger partial charge in [-0.3, -0.25) is 15.6 Å². The quantitative estimate of drug-likeness (QED) is 0.693. The van der Waals surface area contributed by atoms with Crippen molar-refractivity contribution in [1.82, 2.24) is 15.8 Å². The molecule has 3 aromatic rings. The molecule has 0 aliphatic carbocycles. The van der Waals surface area contributed by atoms with Crippen molar-refractivity contribution >= 4 is 16.7 Å². The average molecular weight is 402 g/mol. The van der Waals surface area contributed by atoms with Crippen LogP contribution in [0.25, 0.3) is 10.8 Å². The van der Waals surface area contributed by atoms with Crippen LogP contribution < -0.4 is 15.6 Å². The molecule has 1 amide bonds. The number of likely N-dealkylation sites (tertiary alicyclic amines) is 1. The van der Waals surface area contributed by atoms with Crippen molar-refractivity contribution in [2.45, 2.75) is 24.8 Å². The maximum absolute atomic E-state index is 13.4. The summed E-state index contributed by atoms with van der Waals surface area (Å²) in [5.74, 6) is 1.22. The van der Waals surface area contributed by atoms with Crippen LogP contribution in [0.2, 0.25) is 0 Å². The molecule has 5 nitrogen and oxygen atoms in total. The number of carbonyl (C=O) groups is 1. The van der Waals surface area contributed by atoms with Gasteiger partial charge in [0.25, 0.3) is 5.91 Å². The number of benzene rings is 3. The maximum Gasteiger partial charge on any atom is 0.254 e. The van der Waals surface area contributed by atoms with E-state index in [1.54, 1.807) is 7.11 Å². The number of amides is 1. The molecular weight excluding hydrogens is 374 g/mol. The van der Waals surface area contributed by atoms with Crippen molar-refractivity contribution < 1.29 is 9.53 Å². The minimum atomic E-state index is 0.0816. The van der Waals surface area contributed by atoms with Gasteiger partial charge in [0.2, 0.25) is 0 Å². The predicted molar refractivity (Wildman–Crippen MR) is 119 cm³/mol. The number of rotatable bonds is 4. The van der Waals surface area contributed by atoms with E-state index in [-0.39, 0.29) is 11.9 Å². The lowest BCUT2D eigenvalue weighted by atomic mass is 9.97. The number of ether oxygens (including phenoxy) is 1. The highest BCUT2D eigenvalue weighted by molar-refractivity contribution is 5.95. The second-order valence-corrected chi connectivity index (χ2v) is 8.18. The minimum absolute atomic E-state index is 0.0816. The summed E-state index contributed by atoms with van der Waals surface area (Å²) in [4.78, 5) is 15.5. The summed E-state index contributed by atoms with van der Waals surface area (Å²) in [6, 6.07) is 21.0. The molecule has 2 fully saturated rings. The van der Waals surface area contributed by atoms with Gasteiger partial charge in [0.05, 0.1) is 13.2 Å². The van der Waals surface area contributed by atoms with Gasteiger partial charge >= 0.3 is 0 Å². The van der Waals surface area contributed by atoms with Gasteiger partial charge in [0.15, 0.2) is 0 Å². The lowest BCUT2D eigenvalue weighted by molar-refractivity contribution is 0.0735. The van der Waals surface area contributed by atoms with Crippen LogP contribution in [-0.4, -0.2) is 37.6 Å². The highest BCUT2D eigenvalue weighted by Gasteiger charge is 2.31. The standard InChI is InChI=1S/C25H27N3O2/c1-30-24-14-20(10-11-22(24)21-15-26-27-16-21)25(29)28-12-4-7-23(28)19-9-8-17-5-2-3-6-18(17)13-19/h2-3,5-6,8-11,13-14,21,23,26-27H,4,7,12,15-16H2,1H3. The summed E-state index contributed by atoms with van der Waals surface area (Å²) in [7, 11) is 1.68. The van der Waals surface area contributed by atoms with Crippen LogP contribution >= 0.6 is 0 Å². The molecule has 0 radical (unpaired) electrons. The number of hydrazine groups is 1. The van der Waals surface area contributed by atoms with E-state index in [0.717, 1.165) is 43.8 Å². The molecule has 3 aromatic carbocycles. The molecule has 5 rings (SSSR count). The summed E-state index contributed by atoms with van der Waals surface area (Å²) >= 11 is 0. The summed E-state index contributed by atoms with van der Waals surface area (Å²) in [5.41, 5.74) is 9.37. The number of hydrogen-bond acceptors (Lipinski definition) is 4. The molecule has 30 heavy (non-hydrogen) atoms. The predicted octanol–water partition coefficient (Wildman–Crippen LogP) is 4.02. The van der Waals surface area contributed by atoms with Gasteiger partial charge in [0.1, 0.15) is 5.75 Å². The third-order valence-electron chi connectivity index (χ3n) is 6.41. The van der Waals surface area contributed by atoms with E-state index in [0.29, 0.717) is 11.5 Å². The van der Waals surface area contributed by atoms with Gasteiger partial charge in [-0.1, -0.05) is 42.5 Å². The summed E-state index contributed by atoms with van der Waals surface area (Å²) in [6.45, 7) is 2.51. The van der Waals surface area contributed by atoms with Crippen molar-refractivity contribution in [2.75, 3.05) is 26.7 Å². The third-order valence-corrected chi connectivity index (χ3v) is 6.41. The molecule has 2 aliphatic rings. The average Bonchev–Trinajstić information content (AvgIpc) is 3.50. The first-order valence-corrected chi connectivity index (χ1v) is 10.7. The van der Waals surface area contributed by atoms with Gasteiger partial charge < -0.3 is 9.64 Å². The van der Waals surface area contributed by atoms with Crippen LogP contribution in [0.5, 0.6) is 5.75 Å². The fourth-order valence-corrected chi connectivity index (χ4v) is 4.80. The molecule has 5 heteroatoms. The Bertz CT molecular complexity index is 1070. The molecule has 1 atom stereocenters. The van der Waals surface area contributed by atoms with Crippen LogP contribution in [0.4, 0.5) is 0 Å². The largest absolute Gasteiger partial charge is 0.496 e. The topological polar surface area (TPSA) is 53.6 Å². The van der Waals surface area contributed by atoms with E-state index in [1.165, 1.54) is 16.3 Å². The fourth-order valence-electron chi connectivity index (χ4n) is 4.80. The molecule has 2 saturated heterocycles. The van der Waals surface area contributed by atoms with E-state index in [2.05, 4.69) is 53.3 Å². The number of carbonyl (C=O) groups excluding carboxylic acids is 1. The molecule has 2 aliphatic heterocycles. The minimum Gasteiger partial charge on any atom is -0.496 e. The lowest BCUT2D eigenvalue weighted by Crippen LogP contribution is -2.30. The molecule has 154 valence electrons. The number of methoxy groups -OCH3 is 1. The zero-order chi connectivity index (χ0) is 20.5. The van der Waals surface area contributed by atoms with Crippen LogP contribution in [0.1, 0.15) is 46.3 Å². The smallest absolute Gasteiger partial charge is 0.254 e. The van der Waals surface area contributed by atoms with Crippen molar-refractivity contribution in [2.24, 2.45) is 0 Å². The molecule has 0 spiro atoms. The SMILES string of the molecule is COc1cc(C(=O)N2CCCC2c2ccc3ccccc3c2)ccc1C1CNNC1. The van der Waals surface area contributed by atoms with Gasteiger partial charge in [0, 0.05) is 31.1 Å². The first-order valence-electron chi connectivity index (χ1n) is 10.7. The highest BCUT2D eigenvalue weighted by Crippen LogP contribution is 2.36. The van der Waals surface area contributed by atoms with Crippen molar-refractivity contribution in [3.8, 4) is 5.75 Å². The normalized spacial score (nSPS) is 19.5.